The van der Waals surface area contributed by atoms with Crippen molar-refractivity contribution in [2.24, 2.45) is 5.92 Å². The van der Waals surface area contributed by atoms with Gasteiger partial charge in [0.15, 0.2) is 5.78 Å². The minimum Gasteiger partial charge on any atom is -0.319 e. The third-order valence-electron chi connectivity index (χ3n) is 3.66. The number of nitrogens with one attached hydrogen (secondary N) is 1. The van der Waals surface area contributed by atoms with Gasteiger partial charge in [0.1, 0.15) is 0 Å². The monoisotopic (exact) mass is 231 g/mol. The highest BCUT2D eigenvalue weighted by molar-refractivity contribution is 5.97. The average Bonchev–Trinajstić information content (AvgIpc) is 2.31. The molecule has 0 unspecified atom stereocenters. The quantitative estimate of drug-likeness (QED) is 0.763. The van der Waals surface area contributed by atoms with E-state index in [0.29, 0.717) is 11.7 Å². The van der Waals surface area contributed by atoms with Gasteiger partial charge in [-0.15, -0.1) is 0 Å². The summed E-state index contributed by atoms with van der Waals surface area (Å²) in [5, 5.41) is 3.13. The Morgan fingerprint density at radius 3 is 2.76 bits per heavy atom. The second-order valence-corrected chi connectivity index (χ2v) is 4.93. The van der Waals surface area contributed by atoms with Gasteiger partial charge in [0.05, 0.1) is 0 Å². The lowest BCUT2D eigenvalue weighted by Gasteiger charge is -2.24. The number of hydrogen-bond acceptors (Lipinski definition) is 2. The van der Waals surface area contributed by atoms with Gasteiger partial charge in [0, 0.05) is 12.0 Å². The summed E-state index contributed by atoms with van der Waals surface area (Å²) in [5.41, 5.74) is 2.13. The first-order valence-electron chi connectivity index (χ1n) is 6.57. The fraction of sp³-hybridized carbons (Fsp3) is 0.533. The normalized spacial score (nSPS) is 15.6. The van der Waals surface area contributed by atoms with Crippen LogP contribution in [0.2, 0.25) is 0 Å². The number of carbonyl (C=O) groups is 1. The number of rotatable bonds is 6. The highest BCUT2D eigenvalue weighted by Gasteiger charge is 2.22. The van der Waals surface area contributed by atoms with Crippen molar-refractivity contribution in [1.82, 2.24) is 5.32 Å². The summed E-state index contributed by atoms with van der Waals surface area (Å²) in [6.07, 6.45) is 5.47. The first kappa shape index (κ1) is 12.3. The smallest absolute Gasteiger partial charge is 0.163 e. The van der Waals surface area contributed by atoms with Crippen molar-refractivity contribution in [3.63, 3.8) is 0 Å². The summed E-state index contributed by atoms with van der Waals surface area (Å²) in [7, 11) is 1.94. The molecule has 1 aromatic carbocycles. The first-order chi connectivity index (χ1) is 8.31. The van der Waals surface area contributed by atoms with Crippen molar-refractivity contribution in [2.75, 3.05) is 13.6 Å². The van der Waals surface area contributed by atoms with Crippen LogP contribution in [0.25, 0.3) is 0 Å². The highest BCUT2D eigenvalue weighted by Crippen LogP contribution is 2.30. The molecule has 1 fully saturated rings. The third-order valence-corrected chi connectivity index (χ3v) is 3.66. The number of likely N-dealkylation sites (N-methyl/N-ethyl adjacent to an activating group) is 1. The maximum absolute atomic E-state index is 12.2. The Kier molecular flexibility index (Phi) is 4.32. The molecule has 1 aromatic rings. The minimum absolute atomic E-state index is 0.335. The van der Waals surface area contributed by atoms with Crippen LogP contribution in [0.3, 0.4) is 0 Å². The van der Waals surface area contributed by atoms with Gasteiger partial charge in [-0.05, 0) is 31.5 Å². The second-order valence-electron chi connectivity index (χ2n) is 4.93. The largest absolute Gasteiger partial charge is 0.319 e. The van der Waals surface area contributed by atoms with E-state index in [1.54, 1.807) is 0 Å². The van der Waals surface area contributed by atoms with Crippen LogP contribution in [-0.4, -0.2) is 19.4 Å². The maximum Gasteiger partial charge on any atom is 0.163 e. The van der Waals surface area contributed by atoms with Crippen LogP contribution in [0.4, 0.5) is 0 Å². The van der Waals surface area contributed by atoms with E-state index in [-0.39, 0.29) is 0 Å². The van der Waals surface area contributed by atoms with Crippen LogP contribution in [0.15, 0.2) is 24.3 Å². The standard InChI is InChI=1S/C15H21NO/c1-16-10-9-13-7-2-3-8-14(13)15(17)11-12-5-4-6-12/h2-3,7-8,12,16H,4-6,9-11H2,1H3. The molecule has 0 saturated heterocycles. The summed E-state index contributed by atoms with van der Waals surface area (Å²) in [6, 6.07) is 8.04. The van der Waals surface area contributed by atoms with Crippen LogP contribution in [-0.2, 0) is 6.42 Å². The number of carbonyl (C=O) groups excluding carboxylic acids is 1. The van der Waals surface area contributed by atoms with Gasteiger partial charge in [-0.1, -0.05) is 43.5 Å². The van der Waals surface area contributed by atoms with Crippen LogP contribution >= 0.6 is 0 Å². The lowest BCUT2D eigenvalue weighted by atomic mass is 9.80. The molecule has 2 heteroatoms. The van der Waals surface area contributed by atoms with Crippen molar-refractivity contribution >= 4 is 5.78 Å². The lowest BCUT2D eigenvalue weighted by molar-refractivity contribution is 0.0935. The average molecular weight is 231 g/mol. The number of ketones is 1. The summed E-state index contributed by atoms with van der Waals surface area (Å²) in [6.45, 7) is 0.924. The summed E-state index contributed by atoms with van der Waals surface area (Å²) in [4.78, 5) is 12.2. The molecule has 92 valence electrons. The fourth-order valence-electron chi connectivity index (χ4n) is 2.34. The van der Waals surface area contributed by atoms with Gasteiger partial charge in [-0.2, -0.15) is 0 Å². The molecule has 0 bridgehead atoms. The van der Waals surface area contributed by atoms with E-state index in [1.165, 1.54) is 24.8 Å². The molecule has 2 nitrogen and oxygen atoms in total. The van der Waals surface area contributed by atoms with Gasteiger partial charge < -0.3 is 5.32 Å². The Morgan fingerprint density at radius 2 is 2.12 bits per heavy atom. The zero-order chi connectivity index (χ0) is 12.1. The lowest BCUT2D eigenvalue weighted by Crippen LogP contribution is -2.18. The molecule has 17 heavy (non-hydrogen) atoms. The van der Waals surface area contributed by atoms with Crippen molar-refractivity contribution in [2.45, 2.75) is 32.1 Å². The Bertz CT molecular complexity index is 382. The predicted molar refractivity (Wildman–Crippen MR) is 70.4 cm³/mol. The number of hydrogen-bond donors (Lipinski definition) is 1. The van der Waals surface area contributed by atoms with E-state index >= 15 is 0 Å². The van der Waals surface area contributed by atoms with E-state index in [4.69, 9.17) is 0 Å². The zero-order valence-corrected chi connectivity index (χ0v) is 10.5. The Balaban J connectivity index is 2.04. The molecule has 0 heterocycles. The zero-order valence-electron chi connectivity index (χ0n) is 10.5. The topological polar surface area (TPSA) is 29.1 Å². The summed E-state index contributed by atoms with van der Waals surface area (Å²) >= 11 is 0. The van der Waals surface area contributed by atoms with Crippen molar-refractivity contribution in [3.8, 4) is 0 Å². The molecule has 0 atom stereocenters. The molecule has 0 radical (unpaired) electrons. The third kappa shape index (κ3) is 3.16. The van der Waals surface area contributed by atoms with Gasteiger partial charge in [0.2, 0.25) is 0 Å². The van der Waals surface area contributed by atoms with E-state index in [9.17, 15) is 4.79 Å². The Hall–Kier alpha value is -1.15. The predicted octanol–water partition coefficient (Wildman–Crippen LogP) is 2.82. The van der Waals surface area contributed by atoms with Gasteiger partial charge >= 0.3 is 0 Å². The molecule has 1 N–H and O–H groups in total. The van der Waals surface area contributed by atoms with Crippen LogP contribution < -0.4 is 5.32 Å². The molecule has 1 aliphatic rings. The molecule has 0 spiro atoms. The van der Waals surface area contributed by atoms with Gasteiger partial charge in [-0.25, -0.2) is 0 Å². The van der Waals surface area contributed by atoms with Crippen LogP contribution in [0.5, 0.6) is 0 Å². The number of benzene rings is 1. The molecule has 2 rings (SSSR count). The first-order valence-corrected chi connectivity index (χ1v) is 6.57. The summed E-state index contributed by atoms with van der Waals surface area (Å²) in [5.74, 6) is 0.987. The van der Waals surface area contributed by atoms with E-state index < -0.39 is 0 Å². The molecule has 1 saturated carbocycles. The van der Waals surface area contributed by atoms with E-state index in [2.05, 4.69) is 11.4 Å². The van der Waals surface area contributed by atoms with Gasteiger partial charge in [0.25, 0.3) is 0 Å². The second kappa shape index (κ2) is 5.97. The molecule has 1 aliphatic carbocycles. The van der Waals surface area contributed by atoms with Crippen LogP contribution in [0, 0.1) is 5.92 Å². The Labute approximate surface area is 103 Å². The van der Waals surface area contributed by atoms with Crippen molar-refractivity contribution in [1.29, 1.82) is 0 Å². The highest BCUT2D eigenvalue weighted by atomic mass is 16.1. The molecular formula is C15H21NO. The van der Waals surface area contributed by atoms with Crippen molar-refractivity contribution < 1.29 is 4.79 Å². The molecule has 0 aliphatic heterocycles. The minimum atomic E-state index is 0.335. The van der Waals surface area contributed by atoms with Gasteiger partial charge in [-0.3, -0.25) is 4.79 Å². The molecule has 0 amide bonds. The number of Topliss-reactive ketones (excluding diaryl/α,β-unsaturated/α-hetero) is 1. The molecule has 0 aromatic heterocycles. The molecular weight excluding hydrogens is 210 g/mol. The van der Waals surface area contributed by atoms with E-state index in [1.807, 2.05) is 25.2 Å². The summed E-state index contributed by atoms with van der Waals surface area (Å²) < 4.78 is 0. The van der Waals surface area contributed by atoms with E-state index in [0.717, 1.165) is 24.9 Å². The van der Waals surface area contributed by atoms with Crippen molar-refractivity contribution in [3.05, 3.63) is 35.4 Å². The van der Waals surface area contributed by atoms with Crippen LogP contribution in [0.1, 0.15) is 41.6 Å². The SMILES string of the molecule is CNCCc1ccccc1C(=O)CC1CCC1. The fourth-order valence-corrected chi connectivity index (χ4v) is 2.34. The Morgan fingerprint density at radius 1 is 1.35 bits per heavy atom. The maximum atomic E-state index is 12.2.